The second-order valence-electron chi connectivity index (χ2n) is 3.79. The van der Waals surface area contributed by atoms with E-state index in [0.29, 0.717) is 31.2 Å². The molecule has 0 aromatic carbocycles. The minimum Gasteiger partial charge on any atom is -0.461 e. The molecule has 7 nitrogen and oxygen atoms in total. The fourth-order valence-corrected chi connectivity index (χ4v) is 2.24. The van der Waals surface area contributed by atoms with Crippen molar-refractivity contribution in [1.82, 2.24) is 15.4 Å². The fourth-order valence-electron chi connectivity index (χ4n) is 1.54. The lowest BCUT2D eigenvalue weighted by Crippen LogP contribution is -2.48. The van der Waals surface area contributed by atoms with Gasteiger partial charge in [0.15, 0.2) is 0 Å². The van der Waals surface area contributed by atoms with E-state index in [0.717, 1.165) is 11.3 Å². The van der Waals surface area contributed by atoms with Crippen LogP contribution in [0.2, 0.25) is 0 Å². The van der Waals surface area contributed by atoms with Crippen molar-refractivity contribution in [2.75, 3.05) is 32.9 Å². The molecule has 1 N–H and O–H groups in total. The van der Waals surface area contributed by atoms with Gasteiger partial charge < -0.3 is 9.47 Å². The standard InChI is InChI=1S/C11H15N3O4S/c1-2-18-11(16)10-12-7-8(19-10)9(15)13-14-3-5-17-6-4-14/h7H,2-6H2,1H3,(H,13,15). The van der Waals surface area contributed by atoms with Gasteiger partial charge in [-0.25, -0.2) is 14.8 Å². The molecule has 1 aromatic rings. The Bertz CT molecular complexity index is 457. The maximum absolute atomic E-state index is 11.9. The zero-order chi connectivity index (χ0) is 13.7. The van der Waals surface area contributed by atoms with Crippen molar-refractivity contribution in [2.45, 2.75) is 6.92 Å². The average Bonchev–Trinajstić information content (AvgIpc) is 2.90. The quantitative estimate of drug-likeness (QED) is 0.801. The first-order chi connectivity index (χ1) is 9.20. The number of hydrogen-bond donors (Lipinski definition) is 1. The molecule has 0 bridgehead atoms. The minimum absolute atomic E-state index is 0.189. The van der Waals surface area contributed by atoms with Gasteiger partial charge in [-0.3, -0.25) is 10.2 Å². The van der Waals surface area contributed by atoms with Crippen molar-refractivity contribution in [3.05, 3.63) is 16.1 Å². The highest BCUT2D eigenvalue weighted by Gasteiger charge is 2.19. The number of hydrogen-bond acceptors (Lipinski definition) is 7. The van der Waals surface area contributed by atoms with Crippen molar-refractivity contribution in [3.8, 4) is 0 Å². The lowest BCUT2D eigenvalue weighted by Gasteiger charge is -2.26. The van der Waals surface area contributed by atoms with E-state index in [-0.39, 0.29) is 17.5 Å². The van der Waals surface area contributed by atoms with Gasteiger partial charge in [0.2, 0.25) is 5.01 Å². The molecular weight excluding hydrogens is 270 g/mol. The van der Waals surface area contributed by atoms with E-state index in [9.17, 15) is 9.59 Å². The van der Waals surface area contributed by atoms with E-state index in [2.05, 4.69) is 10.4 Å². The maximum atomic E-state index is 11.9. The fraction of sp³-hybridized carbons (Fsp3) is 0.545. The third-order valence-corrected chi connectivity index (χ3v) is 3.43. The molecule has 0 unspecified atom stereocenters. The Labute approximate surface area is 114 Å². The highest BCUT2D eigenvalue weighted by molar-refractivity contribution is 7.15. The van der Waals surface area contributed by atoms with Gasteiger partial charge in [-0.05, 0) is 6.92 Å². The van der Waals surface area contributed by atoms with Crippen LogP contribution in [0.5, 0.6) is 0 Å². The van der Waals surface area contributed by atoms with Crippen LogP contribution < -0.4 is 5.43 Å². The molecule has 1 amide bonds. The van der Waals surface area contributed by atoms with Gasteiger partial charge in [-0.1, -0.05) is 0 Å². The van der Waals surface area contributed by atoms with E-state index < -0.39 is 5.97 Å². The number of rotatable bonds is 4. The number of nitrogens with zero attached hydrogens (tertiary/aromatic N) is 2. The van der Waals surface area contributed by atoms with Gasteiger partial charge in [-0.2, -0.15) is 0 Å². The summed E-state index contributed by atoms with van der Waals surface area (Å²) >= 11 is 1.02. The van der Waals surface area contributed by atoms with Crippen LogP contribution in [0.3, 0.4) is 0 Å². The van der Waals surface area contributed by atoms with Crippen molar-refractivity contribution in [3.63, 3.8) is 0 Å². The number of carbonyl (C=O) groups excluding carboxylic acids is 2. The number of ether oxygens (including phenoxy) is 2. The van der Waals surface area contributed by atoms with E-state index in [1.165, 1.54) is 6.20 Å². The van der Waals surface area contributed by atoms with Gasteiger partial charge in [0.25, 0.3) is 5.91 Å². The molecule has 2 rings (SSSR count). The van der Waals surface area contributed by atoms with Crippen LogP contribution in [-0.2, 0) is 9.47 Å². The number of aromatic nitrogens is 1. The minimum atomic E-state index is -0.502. The Kier molecular flexibility index (Phi) is 4.83. The molecule has 1 aliphatic rings. The average molecular weight is 285 g/mol. The van der Waals surface area contributed by atoms with Gasteiger partial charge in [0.1, 0.15) is 4.88 Å². The van der Waals surface area contributed by atoms with E-state index in [1.54, 1.807) is 11.9 Å². The number of hydrazine groups is 1. The van der Waals surface area contributed by atoms with Gasteiger partial charge in [0, 0.05) is 13.1 Å². The molecule has 0 atom stereocenters. The first kappa shape index (κ1) is 13.9. The lowest BCUT2D eigenvalue weighted by atomic mass is 10.5. The highest BCUT2D eigenvalue weighted by Crippen LogP contribution is 2.14. The van der Waals surface area contributed by atoms with E-state index in [4.69, 9.17) is 9.47 Å². The van der Waals surface area contributed by atoms with Crippen molar-refractivity contribution in [1.29, 1.82) is 0 Å². The Morgan fingerprint density at radius 2 is 2.26 bits per heavy atom. The van der Waals surface area contributed by atoms with Crippen molar-refractivity contribution < 1.29 is 19.1 Å². The number of nitrogens with one attached hydrogen (secondary N) is 1. The molecule has 0 saturated carbocycles. The third kappa shape index (κ3) is 3.72. The smallest absolute Gasteiger partial charge is 0.367 e. The van der Waals surface area contributed by atoms with E-state index in [1.807, 2.05) is 0 Å². The molecule has 0 radical (unpaired) electrons. The van der Waals surface area contributed by atoms with E-state index >= 15 is 0 Å². The first-order valence-electron chi connectivity index (χ1n) is 5.97. The normalized spacial score (nSPS) is 16.1. The predicted molar refractivity (Wildman–Crippen MR) is 67.9 cm³/mol. The van der Waals surface area contributed by atoms with Crippen LogP contribution in [-0.4, -0.2) is 54.8 Å². The van der Waals surface area contributed by atoms with Gasteiger partial charge in [0.05, 0.1) is 26.0 Å². The SMILES string of the molecule is CCOC(=O)c1ncc(C(=O)NN2CCOCC2)s1. The first-order valence-corrected chi connectivity index (χ1v) is 6.79. The molecule has 8 heteroatoms. The molecule has 1 saturated heterocycles. The summed E-state index contributed by atoms with van der Waals surface area (Å²) in [4.78, 5) is 27.6. The molecule has 0 spiro atoms. The number of thiazole rings is 1. The van der Waals surface area contributed by atoms with Crippen LogP contribution in [0.4, 0.5) is 0 Å². The number of morpholine rings is 1. The van der Waals surface area contributed by atoms with Crippen molar-refractivity contribution >= 4 is 23.2 Å². The van der Waals surface area contributed by atoms with Crippen LogP contribution in [0.15, 0.2) is 6.20 Å². The van der Waals surface area contributed by atoms with Crippen molar-refractivity contribution in [2.24, 2.45) is 0 Å². The van der Waals surface area contributed by atoms with Gasteiger partial charge >= 0.3 is 5.97 Å². The largest absolute Gasteiger partial charge is 0.461 e. The summed E-state index contributed by atoms with van der Waals surface area (Å²) in [6.07, 6.45) is 1.38. The monoisotopic (exact) mass is 285 g/mol. The molecule has 2 heterocycles. The zero-order valence-electron chi connectivity index (χ0n) is 10.5. The summed E-state index contributed by atoms with van der Waals surface area (Å²) < 4.78 is 10.0. The molecule has 104 valence electrons. The van der Waals surface area contributed by atoms with Crippen LogP contribution in [0, 0.1) is 0 Å². The molecule has 19 heavy (non-hydrogen) atoms. The lowest BCUT2D eigenvalue weighted by molar-refractivity contribution is 0.0127. The third-order valence-electron chi connectivity index (χ3n) is 2.45. The molecule has 0 aliphatic carbocycles. The second-order valence-corrected chi connectivity index (χ2v) is 4.82. The van der Waals surface area contributed by atoms with Crippen LogP contribution >= 0.6 is 11.3 Å². The summed E-state index contributed by atoms with van der Waals surface area (Å²) in [7, 11) is 0. The summed E-state index contributed by atoms with van der Waals surface area (Å²) in [5.74, 6) is -0.770. The Hall–Kier alpha value is -1.51. The highest BCUT2D eigenvalue weighted by atomic mass is 32.1. The molecule has 1 aromatic heterocycles. The summed E-state index contributed by atoms with van der Waals surface area (Å²) in [5.41, 5.74) is 2.75. The second kappa shape index (κ2) is 6.60. The molecule has 1 fully saturated rings. The summed E-state index contributed by atoms with van der Waals surface area (Å²) in [6, 6.07) is 0. The van der Waals surface area contributed by atoms with Crippen LogP contribution in [0.25, 0.3) is 0 Å². The zero-order valence-corrected chi connectivity index (χ0v) is 11.4. The maximum Gasteiger partial charge on any atom is 0.367 e. The predicted octanol–water partition coefficient (Wildman–Crippen LogP) is 0.297. The molecular formula is C11H15N3O4S. The number of amides is 1. The Morgan fingerprint density at radius 3 is 2.95 bits per heavy atom. The number of esters is 1. The summed E-state index contributed by atoms with van der Waals surface area (Å²) in [5, 5.41) is 1.98. The Morgan fingerprint density at radius 1 is 1.53 bits per heavy atom. The Balaban J connectivity index is 1.93. The summed E-state index contributed by atoms with van der Waals surface area (Å²) in [6.45, 7) is 4.49. The topological polar surface area (TPSA) is 80.8 Å². The molecule has 1 aliphatic heterocycles. The number of carbonyl (C=O) groups is 2. The van der Waals surface area contributed by atoms with Crippen LogP contribution in [0.1, 0.15) is 26.4 Å². The van der Waals surface area contributed by atoms with Gasteiger partial charge in [-0.15, -0.1) is 11.3 Å².